The number of aromatic nitrogens is 5. The molecule has 0 aromatic carbocycles. The predicted octanol–water partition coefficient (Wildman–Crippen LogP) is -0.252. The van der Waals surface area contributed by atoms with Crippen molar-refractivity contribution in [3.05, 3.63) is 16.0 Å². The third-order valence-electron chi connectivity index (χ3n) is 3.19. The topological polar surface area (TPSA) is 94.7 Å². The fourth-order valence-corrected chi connectivity index (χ4v) is 1.93. The second kappa shape index (κ2) is 5.40. The number of carbonyl (C=O) groups excluding carboxylic acids is 1. The van der Waals surface area contributed by atoms with Gasteiger partial charge in [0, 0.05) is 13.1 Å². The van der Waals surface area contributed by atoms with Gasteiger partial charge in [0.2, 0.25) is 5.91 Å². The number of fused-ring (bicyclic) bond motifs is 1. The molecule has 20 heavy (non-hydrogen) atoms. The molecule has 0 spiro atoms. The lowest BCUT2D eigenvalue weighted by atomic mass is 10.2. The van der Waals surface area contributed by atoms with Gasteiger partial charge in [0.1, 0.15) is 12.1 Å². The Labute approximate surface area is 115 Å². The van der Waals surface area contributed by atoms with E-state index in [9.17, 15) is 9.59 Å². The van der Waals surface area contributed by atoms with Crippen LogP contribution in [0.4, 0.5) is 0 Å². The standard InChI is InChI=1S/C12H18N6O2/c1-5-7(2)13-9(19)6-18-12(20)11-10(14-16-18)8(3)15-17(11)4/h7H,5-6H2,1-4H3,(H,13,19)/t7-/m1/s1. The first-order chi connectivity index (χ1) is 9.43. The van der Waals surface area contributed by atoms with Gasteiger partial charge in [-0.3, -0.25) is 14.3 Å². The fraction of sp³-hybridized carbons (Fsp3) is 0.583. The quantitative estimate of drug-likeness (QED) is 0.832. The van der Waals surface area contributed by atoms with E-state index in [2.05, 4.69) is 20.7 Å². The molecule has 0 aliphatic rings. The fourth-order valence-electron chi connectivity index (χ4n) is 1.93. The maximum Gasteiger partial charge on any atom is 0.296 e. The average Bonchev–Trinajstić information content (AvgIpc) is 2.68. The molecule has 1 N–H and O–H groups in total. The second-order valence-electron chi connectivity index (χ2n) is 4.84. The van der Waals surface area contributed by atoms with Crippen LogP contribution in [0, 0.1) is 6.92 Å². The highest BCUT2D eigenvalue weighted by molar-refractivity contribution is 5.77. The molecule has 0 saturated carbocycles. The maximum atomic E-state index is 12.3. The van der Waals surface area contributed by atoms with Gasteiger partial charge in [-0.25, -0.2) is 0 Å². The monoisotopic (exact) mass is 278 g/mol. The summed E-state index contributed by atoms with van der Waals surface area (Å²) in [6.45, 7) is 5.49. The molecule has 8 nitrogen and oxygen atoms in total. The smallest absolute Gasteiger partial charge is 0.296 e. The molecule has 0 fully saturated rings. The van der Waals surface area contributed by atoms with Gasteiger partial charge in [-0.05, 0) is 20.3 Å². The molecular formula is C12H18N6O2. The summed E-state index contributed by atoms with van der Waals surface area (Å²) >= 11 is 0. The molecule has 0 bridgehead atoms. The molecule has 0 aliphatic carbocycles. The van der Waals surface area contributed by atoms with Gasteiger partial charge in [-0.2, -0.15) is 9.78 Å². The largest absolute Gasteiger partial charge is 0.352 e. The first-order valence-corrected chi connectivity index (χ1v) is 6.50. The van der Waals surface area contributed by atoms with Crippen LogP contribution >= 0.6 is 0 Å². The van der Waals surface area contributed by atoms with E-state index in [1.54, 1.807) is 14.0 Å². The van der Waals surface area contributed by atoms with Crippen molar-refractivity contribution in [3.63, 3.8) is 0 Å². The first-order valence-electron chi connectivity index (χ1n) is 6.50. The molecule has 0 radical (unpaired) electrons. The normalized spacial score (nSPS) is 12.6. The van der Waals surface area contributed by atoms with Crippen LogP contribution in [0.15, 0.2) is 4.79 Å². The first kappa shape index (κ1) is 14.2. The van der Waals surface area contributed by atoms with Crippen LogP contribution < -0.4 is 10.9 Å². The Kier molecular flexibility index (Phi) is 3.82. The van der Waals surface area contributed by atoms with E-state index in [-0.39, 0.29) is 24.1 Å². The molecule has 1 atom stereocenters. The van der Waals surface area contributed by atoms with Gasteiger partial charge in [-0.1, -0.05) is 12.1 Å². The van der Waals surface area contributed by atoms with Crippen LogP contribution in [-0.2, 0) is 18.4 Å². The van der Waals surface area contributed by atoms with E-state index >= 15 is 0 Å². The highest BCUT2D eigenvalue weighted by Crippen LogP contribution is 2.08. The molecule has 108 valence electrons. The lowest BCUT2D eigenvalue weighted by Gasteiger charge is -2.11. The van der Waals surface area contributed by atoms with E-state index in [0.29, 0.717) is 16.7 Å². The highest BCUT2D eigenvalue weighted by Gasteiger charge is 2.15. The third kappa shape index (κ3) is 2.54. The highest BCUT2D eigenvalue weighted by atomic mass is 16.2. The van der Waals surface area contributed by atoms with E-state index in [0.717, 1.165) is 11.1 Å². The van der Waals surface area contributed by atoms with Crippen molar-refractivity contribution in [2.45, 2.75) is 39.8 Å². The predicted molar refractivity (Wildman–Crippen MR) is 73.2 cm³/mol. The van der Waals surface area contributed by atoms with Crippen molar-refractivity contribution in [2.24, 2.45) is 7.05 Å². The second-order valence-corrected chi connectivity index (χ2v) is 4.84. The number of nitrogens with zero attached hydrogens (tertiary/aromatic N) is 5. The van der Waals surface area contributed by atoms with Crippen LogP contribution in [0.1, 0.15) is 26.0 Å². The minimum atomic E-state index is -0.364. The van der Waals surface area contributed by atoms with Crippen molar-refractivity contribution in [1.82, 2.24) is 30.1 Å². The van der Waals surface area contributed by atoms with Crippen molar-refractivity contribution in [2.75, 3.05) is 0 Å². The van der Waals surface area contributed by atoms with E-state index in [1.165, 1.54) is 4.68 Å². The Hall–Kier alpha value is -2.25. The maximum absolute atomic E-state index is 12.3. The van der Waals surface area contributed by atoms with Crippen LogP contribution in [0.3, 0.4) is 0 Å². The summed E-state index contributed by atoms with van der Waals surface area (Å²) in [6.07, 6.45) is 0.826. The summed E-state index contributed by atoms with van der Waals surface area (Å²) in [5, 5.41) is 14.7. The number of hydrogen-bond donors (Lipinski definition) is 1. The van der Waals surface area contributed by atoms with Gasteiger partial charge < -0.3 is 5.32 Å². The number of aryl methyl sites for hydroxylation is 2. The van der Waals surface area contributed by atoms with Crippen LogP contribution in [0.25, 0.3) is 11.0 Å². The van der Waals surface area contributed by atoms with Gasteiger partial charge in [0.05, 0.1) is 5.69 Å². The minimum absolute atomic E-state index is 0.0637. The third-order valence-corrected chi connectivity index (χ3v) is 3.19. The van der Waals surface area contributed by atoms with Crippen LogP contribution in [-0.4, -0.2) is 36.7 Å². The zero-order valence-corrected chi connectivity index (χ0v) is 12.0. The lowest BCUT2D eigenvalue weighted by Crippen LogP contribution is -2.38. The molecule has 2 aromatic rings. The van der Waals surface area contributed by atoms with Crippen molar-refractivity contribution >= 4 is 16.9 Å². The molecule has 2 aromatic heterocycles. The Balaban J connectivity index is 2.32. The summed E-state index contributed by atoms with van der Waals surface area (Å²) in [5.74, 6) is -0.256. The van der Waals surface area contributed by atoms with Crippen molar-refractivity contribution in [1.29, 1.82) is 0 Å². The summed E-state index contributed by atoms with van der Waals surface area (Å²) < 4.78 is 2.52. The number of nitrogens with one attached hydrogen (secondary N) is 1. The summed E-state index contributed by atoms with van der Waals surface area (Å²) in [5.41, 5.74) is 1.10. The van der Waals surface area contributed by atoms with Gasteiger partial charge in [0.15, 0.2) is 5.52 Å². The molecule has 2 heterocycles. The molecule has 0 aliphatic heterocycles. The SMILES string of the molecule is CC[C@@H](C)NC(=O)Cn1nnc2c(C)nn(C)c2c1=O. The number of carbonyl (C=O) groups is 1. The number of hydrogen-bond acceptors (Lipinski definition) is 5. The van der Waals surface area contributed by atoms with Crippen molar-refractivity contribution in [3.8, 4) is 0 Å². The van der Waals surface area contributed by atoms with Crippen LogP contribution in [0.2, 0.25) is 0 Å². The molecular weight excluding hydrogens is 260 g/mol. The molecule has 1 amide bonds. The number of rotatable bonds is 4. The lowest BCUT2D eigenvalue weighted by molar-refractivity contribution is -0.122. The van der Waals surface area contributed by atoms with Gasteiger partial charge in [0.25, 0.3) is 5.56 Å². The zero-order valence-electron chi connectivity index (χ0n) is 12.0. The number of amides is 1. The molecule has 0 unspecified atom stereocenters. The van der Waals surface area contributed by atoms with E-state index in [4.69, 9.17) is 0 Å². The van der Waals surface area contributed by atoms with Crippen LogP contribution in [0.5, 0.6) is 0 Å². The van der Waals surface area contributed by atoms with Gasteiger partial charge in [-0.15, -0.1) is 5.10 Å². The zero-order chi connectivity index (χ0) is 14.9. The summed E-state index contributed by atoms with van der Waals surface area (Å²) in [7, 11) is 1.67. The molecule has 2 rings (SSSR count). The summed E-state index contributed by atoms with van der Waals surface area (Å²) in [4.78, 5) is 24.1. The molecule has 0 saturated heterocycles. The summed E-state index contributed by atoms with van der Waals surface area (Å²) in [6, 6.07) is 0.0637. The molecule has 8 heteroatoms. The Morgan fingerprint density at radius 3 is 2.80 bits per heavy atom. The Morgan fingerprint density at radius 2 is 2.15 bits per heavy atom. The average molecular weight is 278 g/mol. The van der Waals surface area contributed by atoms with Gasteiger partial charge >= 0.3 is 0 Å². The Morgan fingerprint density at radius 1 is 1.45 bits per heavy atom. The minimum Gasteiger partial charge on any atom is -0.352 e. The van der Waals surface area contributed by atoms with Crippen molar-refractivity contribution < 1.29 is 4.79 Å². The van der Waals surface area contributed by atoms with E-state index < -0.39 is 0 Å². The van der Waals surface area contributed by atoms with E-state index in [1.807, 2.05) is 13.8 Å². The Bertz CT molecular complexity index is 702.